The number of H-pyrrole nitrogens is 1. The summed E-state index contributed by atoms with van der Waals surface area (Å²) < 4.78 is 7.88. The number of ketones is 1. The van der Waals surface area contributed by atoms with Gasteiger partial charge in [0.2, 0.25) is 5.78 Å². The van der Waals surface area contributed by atoms with Crippen molar-refractivity contribution in [1.82, 2.24) is 14.1 Å². The van der Waals surface area contributed by atoms with Crippen LogP contribution in [0.3, 0.4) is 0 Å². The van der Waals surface area contributed by atoms with E-state index in [4.69, 9.17) is 9.57 Å². The summed E-state index contributed by atoms with van der Waals surface area (Å²) in [4.78, 5) is 45.9. The van der Waals surface area contributed by atoms with Crippen LogP contribution >= 0.6 is 0 Å². The number of ether oxygens (including phenoxy) is 1. The summed E-state index contributed by atoms with van der Waals surface area (Å²) in [6, 6.07) is 10.1. The van der Waals surface area contributed by atoms with E-state index in [1.165, 1.54) is 18.2 Å². The molecule has 30 heavy (non-hydrogen) atoms. The van der Waals surface area contributed by atoms with Crippen LogP contribution in [-0.2, 0) is 0 Å². The Balaban J connectivity index is 1.90. The molecule has 0 bridgehead atoms. The van der Waals surface area contributed by atoms with Crippen LogP contribution in [0.5, 0.6) is 5.75 Å². The molecule has 0 saturated heterocycles. The van der Waals surface area contributed by atoms with Crippen molar-refractivity contribution in [2.45, 2.75) is 6.92 Å². The van der Waals surface area contributed by atoms with Gasteiger partial charge in [0.05, 0.1) is 23.5 Å². The fourth-order valence-electron chi connectivity index (χ4n) is 3.56. The normalized spacial score (nSPS) is 11.0. The third-order valence-corrected chi connectivity index (χ3v) is 4.89. The number of hydrogen-bond acceptors (Lipinski definition) is 5. The molecular weight excluding hydrogens is 386 g/mol. The van der Waals surface area contributed by atoms with Gasteiger partial charge in [0, 0.05) is 17.3 Å². The molecule has 0 aliphatic carbocycles. The monoisotopic (exact) mass is 405 g/mol. The minimum atomic E-state index is -0.702. The number of carbonyl (C=O) groups is 1. The van der Waals surface area contributed by atoms with Gasteiger partial charge in [0.1, 0.15) is 18.1 Å². The van der Waals surface area contributed by atoms with Gasteiger partial charge in [-0.3, -0.25) is 9.59 Å². The molecule has 0 fully saturated rings. The summed E-state index contributed by atoms with van der Waals surface area (Å²) in [7, 11) is 1.56. The zero-order valence-corrected chi connectivity index (χ0v) is 16.5. The van der Waals surface area contributed by atoms with E-state index in [1.54, 1.807) is 23.8 Å². The molecule has 0 atom stereocenters. The molecule has 0 saturated carbocycles. The average molecular weight is 405 g/mol. The largest absolute Gasteiger partial charge is 0.494 e. The summed E-state index contributed by atoms with van der Waals surface area (Å²) in [6.07, 6.45) is 3.21. The highest BCUT2D eigenvalue weighted by atomic mass is 16.7. The lowest BCUT2D eigenvalue weighted by Crippen LogP contribution is -2.40. The number of nitrogens with one attached hydrogen (secondary N) is 1. The van der Waals surface area contributed by atoms with E-state index in [1.807, 2.05) is 25.1 Å². The maximum absolute atomic E-state index is 13.4. The first-order valence-corrected chi connectivity index (χ1v) is 9.19. The molecule has 8 heteroatoms. The fourth-order valence-corrected chi connectivity index (χ4v) is 3.56. The maximum Gasteiger partial charge on any atom is 0.362 e. The van der Waals surface area contributed by atoms with Crippen molar-refractivity contribution >= 4 is 22.2 Å². The third-order valence-electron chi connectivity index (χ3n) is 4.89. The van der Waals surface area contributed by atoms with Crippen molar-refractivity contribution < 1.29 is 14.4 Å². The first-order chi connectivity index (χ1) is 14.5. The van der Waals surface area contributed by atoms with Gasteiger partial charge in [-0.25, -0.2) is 4.79 Å². The second-order valence-corrected chi connectivity index (χ2v) is 6.67. The van der Waals surface area contributed by atoms with Gasteiger partial charge >= 0.3 is 5.69 Å². The Morgan fingerprint density at radius 3 is 2.77 bits per heavy atom. The number of fused-ring (bicyclic) bond motifs is 2. The Morgan fingerprint density at radius 1 is 1.23 bits per heavy atom. The van der Waals surface area contributed by atoms with Crippen LogP contribution in [0.25, 0.3) is 16.4 Å². The second kappa shape index (κ2) is 7.40. The predicted octanol–water partition coefficient (Wildman–Crippen LogP) is 2.11. The van der Waals surface area contributed by atoms with Crippen molar-refractivity contribution in [3.63, 3.8) is 0 Å². The second-order valence-electron chi connectivity index (χ2n) is 6.67. The Bertz CT molecular complexity index is 1420. The number of carbonyl (C=O) groups excluding carboxylic acids is 1. The zero-order valence-electron chi connectivity index (χ0n) is 16.5. The summed E-state index contributed by atoms with van der Waals surface area (Å²) in [5.74, 6) is 0.340. The average Bonchev–Trinajstić information content (AvgIpc) is 3.04. The molecule has 0 aliphatic rings. The Kier molecular flexibility index (Phi) is 4.75. The molecule has 0 amide bonds. The van der Waals surface area contributed by atoms with Crippen LogP contribution in [0.4, 0.5) is 0 Å². The lowest BCUT2D eigenvalue weighted by Gasteiger charge is -2.08. The number of pyridine rings is 1. The zero-order chi connectivity index (χ0) is 21.4. The first-order valence-electron chi connectivity index (χ1n) is 9.19. The number of aromatic nitrogens is 3. The summed E-state index contributed by atoms with van der Waals surface area (Å²) in [5, 5.41) is 0.162. The predicted molar refractivity (Wildman–Crippen MR) is 113 cm³/mol. The molecule has 0 spiro atoms. The SMILES string of the molecule is C=CCOn1c(=O)[nH]c2ccc(C(=O)c3c(C)c(OC)c4ccccn34)cc2c1=O. The molecule has 4 rings (SSSR count). The fraction of sp³-hybridized carbons (Fsp3) is 0.136. The molecule has 0 aliphatic heterocycles. The van der Waals surface area contributed by atoms with Crippen LogP contribution < -0.4 is 20.8 Å². The number of nitrogens with zero attached hydrogens (tertiary/aromatic N) is 2. The molecule has 3 heterocycles. The number of methoxy groups -OCH3 is 1. The molecule has 8 nitrogen and oxygen atoms in total. The van der Waals surface area contributed by atoms with Crippen molar-refractivity contribution in [3.05, 3.63) is 92.9 Å². The highest BCUT2D eigenvalue weighted by molar-refractivity contribution is 6.11. The minimum Gasteiger partial charge on any atom is -0.494 e. The smallest absolute Gasteiger partial charge is 0.362 e. The van der Waals surface area contributed by atoms with Crippen LogP contribution in [0, 0.1) is 6.92 Å². The van der Waals surface area contributed by atoms with E-state index in [2.05, 4.69) is 11.6 Å². The van der Waals surface area contributed by atoms with E-state index < -0.39 is 11.2 Å². The lowest BCUT2D eigenvalue weighted by molar-refractivity contribution is 0.103. The lowest BCUT2D eigenvalue weighted by atomic mass is 10.0. The highest BCUT2D eigenvalue weighted by Gasteiger charge is 2.23. The Morgan fingerprint density at radius 2 is 2.03 bits per heavy atom. The molecule has 1 N–H and O–H groups in total. The quantitative estimate of drug-likeness (QED) is 0.392. The molecule has 4 aromatic rings. The minimum absolute atomic E-state index is 0.0117. The van der Waals surface area contributed by atoms with E-state index in [0.29, 0.717) is 32.8 Å². The molecule has 152 valence electrons. The third kappa shape index (κ3) is 2.89. The van der Waals surface area contributed by atoms with Crippen molar-refractivity contribution in [2.24, 2.45) is 0 Å². The van der Waals surface area contributed by atoms with E-state index in [-0.39, 0.29) is 17.8 Å². The van der Waals surface area contributed by atoms with Gasteiger partial charge in [-0.2, -0.15) is 0 Å². The van der Waals surface area contributed by atoms with Crippen molar-refractivity contribution in [2.75, 3.05) is 13.7 Å². The molecular formula is C22H19N3O5. The van der Waals surface area contributed by atoms with Gasteiger partial charge in [-0.1, -0.05) is 23.5 Å². The highest BCUT2D eigenvalue weighted by Crippen LogP contribution is 2.31. The van der Waals surface area contributed by atoms with Crippen LogP contribution in [0.2, 0.25) is 0 Å². The van der Waals surface area contributed by atoms with Gasteiger partial charge in [0.25, 0.3) is 5.56 Å². The van der Waals surface area contributed by atoms with Crippen molar-refractivity contribution in [3.8, 4) is 5.75 Å². The number of rotatable bonds is 6. The maximum atomic E-state index is 13.4. The van der Waals surface area contributed by atoms with Gasteiger partial charge in [0.15, 0.2) is 0 Å². The first kappa shape index (κ1) is 19.3. The molecule has 3 aromatic heterocycles. The summed E-state index contributed by atoms with van der Waals surface area (Å²) >= 11 is 0. The van der Waals surface area contributed by atoms with Crippen molar-refractivity contribution in [1.29, 1.82) is 0 Å². The summed E-state index contributed by atoms with van der Waals surface area (Å²) in [6.45, 7) is 5.30. The van der Waals surface area contributed by atoms with E-state index in [0.717, 1.165) is 5.52 Å². The number of hydrogen-bond donors (Lipinski definition) is 1. The van der Waals surface area contributed by atoms with Gasteiger partial charge < -0.3 is 19.0 Å². The van der Waals surface area contributed by atoms with E-state index >= 15 is 0 Å². The molecule has 1 aromatic carbocycles. The van der Waals surface area contributed by atoms with Crippen LogP contribution in [-0.4, -0.2) is 33.6 Å². The topological polar surface area (TPSA) is 94.8 Å². The van der Waals surface area contributed by atoms with Gasteiger partial charge in [-0.05, 0) is 37.3 Å². The summed E-state index contributed by atoms with van der Waals surface area (Å²) in [5.41, 5.74) is 1.17. The van der Waals surface area contributed by atoms with Gasteiger partial charge in [-0.15, -0.1) is 0 Å². The van der Waals surface area contributed by atoms with Crippen LogP contribution in [0.15, 0.2) is 64.8 Å². The van der Waals surface area contributed by atoms with E-state index in [9.17, 15) is 14.4 Å². The van der Waals surface area contributed by atoms with Crippen LogP contribution in [0.1, 0.15) is 21.6 Å². The molecule has 0 radical (unpaired) electrons. The Labute approximate surface area is 170 Å². The standard InChI is InChI=1S/C22H19N3O5/c1-4-11-30-25-21(27)15-12-14(8-9-16(15)23-22(25)28)19(26)18-13(2)20(29-3)17-7-5-6-10-24(17)18/h4-10,12H,1,11H2,2-3H3,(H,23,28). The Hall–Kier alpha value is -4.07. The number of benzene rings is 1. The number of aromatic amines is 1. The molecule has 0 unspecified atom stereocenters.